The van der Waals surface area contributed by atoms with E-state index in [2.05, 4.69) is 12.6 Å². The van der Waals surface area contributed by atoms with Crippen LogP contribution in [0.15, 0.2) is 24.3 Å². The van der Waals surface area contributed by atoms with Crippen molar-refractivity contribution in [1.29, 1.82) is 0 Å². The van der Waals surface area contributed by atoms with Crippen LogP contribution in [-0.4, -0.2) is 16.8 Å². The fraction of sp³-hybridized carbons (Fsp3) is 0.364. The van der Waals surface area contributed by atoms with Gasteiger partial charge in [-0.3, -0.25) is 4.79 Å². The molecule has 0 spiro atoms. The lowest BCUT2D eigenvalue weighted by Crippen LogP contribution is -2.20. The molecule has 2 nitrogen and oxygen atoms in total. The lowest BCUT2D eigenvalue weighted by Gasteiger charge is -2.15. The first kappa shape index (κ1) is 13.9. The third-order valence-corrected chi connectivity index (χ3v) is 2.80. The molecule has 0 unspecified atom stereocenters. The van der Waals surface area contributed by atoms with Gasteiger partial charge in [0.25, 0.3) is 0 Å². The van der Waals surface area contributed by atoms with Crippen LogP contribution in [0.25, 0.3) is 0 Å². The van der Waals surface area contributed by atoms with Crippen LogP contribution in [0.4, 0.5) is 13.2 Å². The van der Waals surface area contributed by atoms with E-state index in [1.54, 1.807) is 0 Å². The van der Waals surface area contributed by atoms with Gasteiger partial charge in [-0.25, -0.2) is 0 Å². The average molecular weight is 264 g/mol. The van der Waals surface area contributed by atoms with E-state index in [1.807, 2.05) is 0 Å². The van der Waals surface area contributed by atoms with Crippen molar-refractivity contribution in [1.82, 2.24) is 0 Å². The van der Waals surface area contributed by atoms with E-state index >= 15 is 0 Å². The number of carboxylic acids is 1. The molecule has 0 aliphatic carbocycles. The first-order chi connectivity index (χ1) is 7.86. The molecule has 0 saturated heterocycles. The van der Waals surface area contributed by atoms with Gasteiger partial charge >= 0.3 is 12.1 Å². The smallest absolute Gasteiger partial charge is 0.416 e. The van der Waals surface area contributed by atoms with Crippen LogP contribution in [0, 0.1) is 5.92 Å². The lowest BCUT2D eigenvalue weighted by atomic mass is 9.96. The Kier molecular flexibility index (Phi) is 4.45. The van der Waals surface area contributed by atoms with Crippen LogP contribution in [0.5, 0.6) is 0 Å². The van der Waals surface area contributed by atoms with Gasteiger partial charge in [0.15, 0.2) is 0 Å². The summed E-state index contributed by atoms with van der Waals surface area (Å²) in [4.78, 5) is 10.8. The first-order valence-electron chi connectivity index (χ1n) is 4.85. The predicted octanol–water partition coefficient (Wildman–Crippen LogP) is 2.88. The molecule has 0 amide bonds. The highest BCUT2D eigenvalue weighted by atomic mass is 32.1. The monoisotopic (exact) mass is 264 g/mol. The van der Waals surface area contributed by atoms with E-state index in [0.29, 0.717) is 0 Å². The van der Waals surface area contributed by atoms with Gasteiger partial charge in [0, 0.05) is 5.75 Å². The van der Waals surface area contributed by atoms with Crippen molar-refractivity contribution in [3.05, 3.63) is 35.4 Å². The van der Waals surface area contributed by atoms with Crippen molar-refractivity contribution in [2.24, 2.45) is 5.92 Å². The Hall–Kier alpha value is -1.17. The molecule has 1 rings (SSSR count). The predicted molar refractivity (Wildman–Crippen MR) is 60.1 cm³/mol. The molecule has 1 N–H and O–H groups in total. The molecule has 17 heavy (non-hydrogen) atoms. The van der Waals surface area contributed by atoms with Gasteiger partial charge in [-0.2, -0.15) is 25.8 Å². The second-order valence-corrected chi connectivity index (χ2v) is 3.94. The van der Waals surface area contributed by atoms with Crippen molar-refractivity contribution in [3.63, 3.8) is 0 Å². The molecule has 1 aromatic rings. The molecule has 0 aromatic heterocycles. The summed E-state index contributed by atoms with van der Waals surface area (Å²) >= 11 is 3.83. The number of thiol groups is 1. The second-order valence-electron chi connectivity index (χ2n) is 3.58. The molecule has 1 aromatic carbocycles. The van der Waals surface area contributed by atoms with Crippen molar-refractivity contribution >= 4 is 18.6 Å². The fourth-order valence-corrected chi connectivity index (χ4v) is 1.76. The van der Waals surface area contributed by atoms with Crippen molar-refractivity contribution in [2.75, 3.05) is 5.75 Å². The summed E-state index contributed by atoms with van der Waals surface area (Å²) in [6, 6.07) is 4.99. The zero-order valence-electron chi connectivity index (χ0n) is 8.74. The average Bonchev–Trinajstić information content (AvgIpc) is 2.24. The number of benzene rings is 1. The molecule has 0 heterocycles. The van der Waals surface area contributed by atoms with Gasteiger partial charge in [0.05, 0.1) is 11.5 Å². The molecule has 0 radical (unpaired) electrons. The minimum atomic E-state index is -4.46. The summed E-state index contributed by atoms with van der Waals surface area (Å²) in [5.41, 5.74) is -0.797. The molecule has 0 bridgehead atoms. The maximum absolute atomic E-state index is 12.6. The Bertz CT molecular complexity index is 404. The molecule has 0 aliphatic heterocycles. The third-order valence-electron chi connectivity index (χ3n) is 2.36. The fourth-order valence-electron chi connectivity index (χ4n) is 1.47. The standard InChI is InChI=1S/C11H11F3O2S/c12-11(13,14)9-4-2-1-3-7(9)5-8(6-17)10(15)16/h1-4,8,17H,5-6H2,(H,15,16)/t8-/m1/s1. The zero-order valence-corrected chi connectivity index (χ0v) is 9.63. The number of aliphatic carboxylic acids is 1. The van der Waals surface area contributed by atoms with Gasteiger partial charge in [-0.15, -0.1) is 0 Å². The minimum absolute atomic E-state index is 0.00151. The summed E-state index contributed by atoms with van der Waals surface area (Å²) in [5, 5.41) is 8.80. The van der Waals surface area contributed by atoms with Crippen LogP contribution >= 0.6 is 12.6 Å². The molecular weight excluding hydrogens is 253 g/mol. The van der Waals surface area contributed by atoms with Crippen LogP contribution in [0.3, 0.4) is 0 Å². The molecular formula is C11H11F3O2S. The number of rotatable bonds is 4. The Morgan fingerprint density at radius 1 is 1.35 bits per heavy atom. The molecule has 6 heteroatoms. The van der Waals surface area contributed by atoms with Crippen LogP contribution in [-0.2, 0) is 17.4 Å². The number of carboxylic acid groups (broad SMARTS) is 1. The van der Waals surface area contributed by atoms with Crippen LogP contribution in [0.1, 0.15) is 11.1 Å². The lowest BCUT2D eigenvalue weighted by molar-refractivity contribution is -0.142. The SMILES string of the molecule is O=C(O)[C@@H](CS)Cc1ccccc1C(F)(F)F. The topological polar surface area (TPSA) is 37.3 Å². The van der Waals surface area contributed by atoms with Gasteiger partial charge in [0.2, 0.25) is 0 Å². The largest absolute Gasteiger partial charge is 0.481 e. The highest BCUT2D eigenvalue weighted by molar-refractivity contribution is 7.80. The van der Waals surface area contributed by atoms with Gasteiger partial charge in [-0.1, -0.05) is 18.2 Å². The second kappa shape index (κ2) is 5.44. The van der Waals surface area contributed by atoms with E-state index in [0.717, 1.165) is 6.07 Å². The Morgan fingerprint density at radius 2 is 1.94 bits per heavy atom. The first-order valence-corrected chi connectivity index (χ1v) is 5.48. The van der Waals surface area contributed by atoms with Crippen molar-refractivity contribution in [3.8, 4) is 0 Å². The summed E-state index contributed by atoms with van der Waals surface area (Å²) in [6.07, 6.45) is -4.63. The van der Waals surface area contributed by atoms with Crippen LogP contribution < -0.4 is 0 Å². The highest BCUT2D eigenvalue weighted by Crippen LogP contribution is 2.32. The van der Waals surface area contributed by atoms with E-state index in [-0.39, 0.29) is 17.7 Å². The number of carbonyl (C=O) groups is 1. The Labute approximate surface area is 102 Å². The van der Waals surface area contributed by atoms with Crippen molar-refractivity contribution < 1.29 is 23.1 Å². The summed E-state index contributed by atoms with van der Waals surface area (Å²) < 4.78 is 37.9. The summed E-state index contributed by atoms with van der Waals surface area (Å²) in [5.74, 6) is -2.06. The molecule has 0 fully saturated rings. The molecule has 94 valence electrons. The minimum Gasteiger partial charge on any atom is -0.481 e. The number of alkyl halides is 3. The summed E-state index contributed by atoms with van der Waals surface area (Å²) in [7, 11) is 0. The van der Waals surface area contributed by atoms with E-state index < -0.39 is 23.6 Å². The molecule has 1 atom stereocenters. The normalized spacial score (nSPS) is 13.4. The van der Waals surface area contributed by atoms with Crippen LogP contribution in [0.2, 0.25) is 0 Å². The zero-order chi connectivity index (χ0) is 13.1. The number of hydrogen-bond acceptors (Lipinski definition) is 2. The number of hydrogen-bond donors (Lipinski definition) is 2. The highest BCUT2D eigenvalue weighted by Gasteiger charge is 2.33. The quantitative estimate of drug-likeness (QED) is 0.820. The third kappa shape index (κ3) is 3.66. The van der Waals surface area contributed by atoms with E-state index in [1.165, 1.54) is 18.2 Å². The van der Waals surface area contributed by atoms with Gasteiger partial charge in [0.1, 0.15) is 0 Å². The number of halogens is 3. The maximum atomic E-state index is 12.6. The Balaban J connectivity index is 3.02. The van der Waals surface area contributed by atoms with Crippen molar-refractivity contribution in [2.45, 2.75) is 12.6 Å². The maximum Gasteiger partial charge on any atom is 0.416 e. The van der Waals surface area contributed by atoms with E-state index in [4.69, 9.17) is 5.11 Å². The van der Waals surface area contributed by atoms with Gasteiger partial charge < -0.3 is 5.11 Å². The van der Waals surface area contributed by atoms with Gasteiger partial charge in [-0.05, 0) is 18.1 Å². The Morgan fingerprint density at radius 3 is 2.41 bits per heavy atom. The molecule has 0 saturated carbocycles. The van der Waals surface area contributed by atoms with E-state index in [9.17, 15) is 18.0 Å². The molecule has 0 aliphatic rings. The summed E-state index contributed by atoms with van der Waals surface area (Å²) in [6.45, 7) is 0.